The number of carbonyl (C=O) groups excluding carboxylic acids is 2. The van der Waals surface area contributed by atoms with Gasteiger partial charge in [0.15, 0.2) is 0 Å². The SMILES string of the molecule is CC[C@@H](C)NC(=O)[C@H](C)N(Cc1cccc(C)c1)C(=O)CN(c1ccc(C(C)C)cc1)S(C)(=O)=O. The lowest BCUT2D eigenvalue weighted by Crippen LogP contribution is -2.52. The zero-order chi connectivity index (χ0) is 26.3. The standard InChI is InChI=1S/C27H39N3O4S/c1-8-21(5)28-27(32)22(6)29(17-23-11-9-10-20(4)16-23)26(31)18-30(35(7,33)34)25-14-12-24(13-15-25)19(2)3/h9-16,19,21-22H,8,17-18H2,1-7H3,(H,28,32)/t21-,22+/m1/s1. The van der Waals surface area contributed by atoms with Gasteiger partial charge in [0.25, 0.3) is 0 Å². The molecule has 2 aromatic carbocycles. The average Bonchev–Trinajstić information content (AvgIpc) is 2.79. The molecule has 0 aliphatic heterocycles. The van der Waals surface area contributed by atoms with Crippen LogP contribution in [0, 0.1) is 6.92 Å². The molecule has 35 heavy (non-hydrogen) atoms. The molecule has 0 aliphatic rings. The molecule has 0 aromatic heterocycles. The van der Waals surface area contributed by atoms with Gasteiger partial charge in [0.2, 0.25) is 21.8 Å². The van der Waals surface area contributed by atoms with Gasteiger partial charge in [-0.1, -0.05) is 62.7 Å². The number of amides is 2. The molecule has 0 radical (unpaired) electrons. The van der Waals surface area contributed by atoms with E-state index >= 15 is 0 Å². The maximum absolute atomic E-state index is 13.6. The van der Waals surface area contributed by atoms with Crippen LogP contribution in [-0.4, -0.2) is 50.0 Å². The van der Waals surface area contributed by atoms with Crippen LogP contribution in [0.15, 0.2) is 48.5 Å². The molecule has 192 valence electrons. The van der Waals surface area contributed by atoms with Crippen molar-refractivity contribution < 1.29 is 18.0 Å². The van der Waals surface area contributed by atoms with Gasteiger partial charge < -0.3 is 10.2 Å². The maximum atomic E-state index is 13.6. The minimum absolute atomic E-state index is 0.0344. The van der Waals surface area contributed by atoms with Gasteiger partial charge in [-0.15, -0.1) is 0 Å². The molecule has 0 heterocycles. The van der Waals surface area contributed by atoms with Crippen molar-refractivity contribution in [3.63, 3.8) is 0 Å². The van der Waals surface area contributed by atoms with Gasteiger partial charge in [0.1, 0.15) is 12.6 Å². The molecule has 2 amide bonds. The zero-order valence-corrected chi connectivity index (χ0v) is 22.7. The van der Waals surface area contributed by atoms with E-state index in [0.717, 1.165) is 33.7 Å². The Morgan fingerprint density at radius 1 is 1.00 bits per heavy atom. The molecule has 2 atom stereocenters. The molecule has 0 saturated carbocycles. The normalized spacial score (nSPS) is 13.3. The maximum Gasteiger partial charge on any atom is 0.244 e. The number of hydrogen-bond donors (Lipinski definition) is 1. The van der Waals surface area contributed by atoms with E-state index in [0.29, 0.717) is 11.6 Å². The van der Waals surface area contributed by atoms with Crippen molar-refractivity contribution in [3.8, 4) is 0 Å². The van der Waals surface area contributed by atoms with Crippen molar-refractivity contribution in [1.82, 2.24) is 10.2 Å². The molecule has 0 fully saturated rings. The number of benzene rings is 2. The lowest BCUT2D eigenvalue weighted by Gasteiger charge is -2.32. The molecule has 7 nitrogen and oxygen atoms in total. The van der Waals surface area contributed by atoms with Crippen molar-refractivity contribution in [2.45, 2.75) is 72.5 Å². The van der Waals surface area contributed by atoms with Gasteiger partial charge in [-0.25, -0.2) is 8.42 Å². The first-order valence-corrected chi connectivity index (χ1v) is 13.9. The fraction of sp³-hybridized carbons (Fsp3) is 0.481. The summed E-state index contributed by atoms with van der Waals surface area (Å²) < 4.78 is 26.5. The predicted octanol–water partition coefficient (Wildman–Crippen LogP) is 4.22. The quantitative estimate of drug-likeness (QED) is 0.500. The zero-order valence-electron chi connectivity index (χ0n) is 21.9. The third-order valence-corrected chi connectivity index (χ3v) is 7.27. The van der Waals surface area contributed by atoms with Crippen LogP contribution in [0.3, 0.4) is 0 Å². The molecule has 0 spiro atoms. The second-order valence-electron chi connectivity index (χ2n) is 9.52. The number of hydrogen-bond acceptors (Lipinski definition) is 4. The highest BCUT2D eigenvalue weighted by molar-refractivity contribution is 7.92. The van der Waals surface area contributed by atoms with E-state index < -0.39 is 28.5 Å². The summed E-state index contributed by atoms with van der Waals surface area (Å²) in [5, 5.41) is 2.93. The summed E-state index contributed by atoms with van der Waals surface area (Å²) in [4.78, 5) is 28.0. The molecule has 1 N–H and O–H groups in total. The van der Waals surface area contributed by atoms with Crippen molar-refractivity contribution in [1.29, 1.82) is 0 Å². The molecule has 2 aromatic rings. The number of nitrogens with one attached hydrogen (secondary N) is 1. The summed E-state index contributed by atoms with van der Waals surface area (Å²) >= 11 is 0. The highest BCUT2D eigenvalue weighted by Crippen LogP contribution is 2.23. The van der Waals surface area contributed by atoms with Crippen molar-refractivity contribution in [2.75, 3.05) is 17.1 Å². The lowest BCUT2D eigenvalue weighted by atomic mass is 10.0. The number of rotatable bonds is 11. The van der Waals surface area contributed by atoms with Crippen LogP contribution in [0.2, 0.25) is 0 Å². The summed E-state index contributed by atoms with van der Waals surface area (Å²) in [7, 11) is -3.74. The summed E-state index contributed by atoms with van der Waals surface area (Å²) in [5.74, 6) is -0.420. The number of nitrogens with zero attached hydrogens (tertiary/aromatic N) is 2. The van der Waals surface area contributed by atoms with Crippen LogP contribution < -0.4 is 9.62 Å². The van der Waals surface area contributed by atoms with Crippen LogP contribution in [0.5, 0.6) is 0 Å². The van der Waals surface area contributed by atoms with Crippen LogP contribution in [0.4, 0.5) is 5.69 Å². The van der Waals surface area contributed by atoms with Crippen molar-refractivity contribution >= 4 is 27.5 Å². The Balaban J connectivity index is 2.38. The number of sulfonamides is 1. The lowest BCUT2D eigenvalue weighted by molar-refractivity contribution is -0.139. The first-order chi connectivity index (χ1) is 16.3. The fourth-order valence-electron chi connectivity index (χ4n) is 3.69. The second-order valence-corrected chi connectivity index (χ2v) is 11.4. The van der Waals surface area contributed by atoms with Crippen LogP contribution >= 0.6 is 0 Å². The summed E-state index contributed by atoms with van der Waals surface area (Å²) in [5.41, 5.74) is 3.39. The number of carbonyl (C=O) groups is 2. The van der Waals surface area contributed by atoms with Crippen LogP contribution in [-0.2, 0) is 26.2 Å². The van der Waals surface area contributed by atoms with Crippen molar-refractivity contribution in [3.05, 3.63) is 65.2 Å². The molecule has 8 heteroatoms. The Hall–Kier alpha value is -2.87. The Labute approximate surface area is 210 Å². The smallest absolute Gasteiger partial charge is 0.244 e. The molecule has 0 aliphatic carbocycles. The minimum atomic E-state index is -3.74. The fourth-order valence-corrected chi connectivity index (χ4v) is 4.54. The van der Waals surface area contributed by atoms with E-state index in [1.54, 1.807) is 19.1 Å². The Morgan fingerprint density at radius 3 is 2.14 bits per heavy atom. The van der Waals surface area contributed by atoms with Gasteiger partial charge in [-0.2, -0.15) is 0 Å². The Morgan fingerprint density at radius 2 is 1.63 bits per heavy atom. The highest BCUT2D eigenvalue weighted by atomic mass is 32.2. The first kappa shape index (κ1) is 28.4. The topological polar surface area (TPSA) is 86.8 Å². The van der Waals surface area contributed by atoms with Gasteiger partial charge in [-0.3, -0.25) is 13.9 Å². The predicted molar refractivity (Wildman–Crippen MR) is 142 cm³/mol. The molecule has 0 saturated heterocycles. The first-order valence-electron chi connectivity index (χ1n) is 12.1. The van der Waals surface area contributed by atoms with E-state index in [2.05, 4.69) is 19.2 Å². The number of aryl methyl sites for hydroxylation is 1. The number of anilines is 1. The Bertz CT molecular complexity index is 1110. The molecule has 2 rings (SSSR count). The van der Waals surface area contributed by atoms with Gasteiger partial charge in [0.05, 0.1) is 11.9 Å². The largest absolute Gasteiger partial charge is 0.352 e. The van der Waals surface area contributed by atoms with E-state index in [9.17, 15) is 18.0 Å². The third kappa shape index (κ3) is 8.09. The van der Waals surface area contributed by atoms with Gasteiger partial charge in [-0.05, 0) is 56.4 Å². The summed E-state index contributed by atoms with van der Waals surface area (Å²) in [6, 6.07) is 14.1. The second kappa shape index (κ2) is 12.2. The molecule has 0 unspecified atom stereocenters. The molecule has 0 bridgehead atoms. The van der Waals surface area contributed by atoms with Crippen molar-refractivity contribution in [2.24, 2.45) is 0 Å². The average molecular weight is 502 g/mol. The third-order valence-electron chi connectivity index (χ3n) is 6.13. The van der Waals surface area contributed by atoms with Crippen LogP contribution in [0.25, 0.3) is 0 Å². The molecular weight excluding hydrogens is 462 g/mol. The van der Waals surface area contributed by atoms with E-state index in [1.165, 1.54) is 4.90 Å². The Kier molecular flexibility index (Phi) is 9.89. The van der Waals surface area contributed by atoms with Crippen LogP contribution in [0.1, 0.15) is 63.6 Å². The monoisotopic (exact) mass is 501 g/mol. The van der Waals surface area contributed by atoms with E-state index in [1.807, 2.05) is 57.2 Å². The summed E-state index contributed by atoms with van der Waals surface area (Å²) in [6.07, 6.45) is 1.85. The summed E-state index contributed by atoms with van der Waals surface area (Å²) in [6.45, 7) is 11.4. The molecular formula is C27H39N3O4S. The van der Waals surface area contributed by atoms with E-state index in [-0.39, 0.29) is 18.5 Å². The minimum Gasteiger partial charge on any atom is -0.352 e. The van der Waals surface area contributed by atoms with Gasteiger partial charge in [0, 0.05) is 12.6 Å². The van der Waals surface area contributed by atoms with Gasteiger partial charge >= 0.3 is 0 Å². The highest BCUT2D eigenvalue weighted by Gasteiger charge is 2.30. The van der Waals surface area contributed by atoms with E-state index in [4.69, 9.17) is 0 Å².